The molecule has 0 saturated carbocycles. The van der Waals surface area contributed by atoms with Crippen LogP contribution in [-0.2, 0) is 0 Å². The number of nitrogens with one attached hydrogen (secondary N) is 1. The molecule has 3 nitrogen and oxygen atoms in total. The van der Waals surface area contributed by atoms with Crippen molar-refractivity contribution in [1.29, 1.82) is 0 Å². The second kappa shape index (κ2) is 8.07. The lowest BCUT2D eigenvalue weighted by molar-refractivity contribution is 0.510. The third-order valence-corrected chi connectivity index (χ3v) is 4.03. The van der Waals surface area contributed by atoms with Crippen molar-refractivity contribution in [2.75, 3.05) is 12.3 Å². The highest BCUT2D eigenvalue weighted by molar-refractivity contribution is 8.00. The first-order valence-corrected chi connectivity index (χ1v) is 7.21. The van der Waals surface area contributed by atoms with Crippen LogP contribution < -0.4 is 5.32 Å². The molecule has 0 radical (unpaired) electrons. The molecule has 1 heterocycles. The second-order valence-electron chi connectivity index (χ2n) is 3.51. The predicted molar refractivity (Wildman–Crippen MR) is 67.6 cm³/mol. The lowest BCUT2D eigenvalue weighted by Gasteiger charge is -2.10. The van der Waals surface area contributed by atoms with E-state index in [-0.39, 0.29) is 0 Å². The van der Waals surface area contributed by atoms with Gasteiger partial charge in [0.1, 0.15) is 6.33 Å². The Balaban J connectivity index is 1.93. The van der Waals surface area contributed by atoms with Gasteiger partial charge in [-0.25, -0.2) is 4.98 Å². The quantitative estimate of drug-likeness (QED) is 0.564. The van der Waals surface area contributed by atoms with Crippen LogP contribution in [0, 0.1) is 0 Å². The van der Waals surface area contributed by atoms with Gasteiger partial charge in [0.05, 0.1) is 0 Å². The van der Waals surface area contributed by atoms with Gasteiger partial charge in [-0.05, 0) is 37.8 Å². The Morgan fingerprint density at radius 2 is 2.40 bits per heavy atom. The van der Waals surface area contributed by atoms with Crippen LogP contribution in [0.4, 0.5) is 0 Å². The van der Waals surface area contributed by atoms with Crippen LogP contribution in [0.2, 0.25) is 0 Å². The van der Waals surface area contributed by atoms with E-state index < -0.39 is 0 Å². The number of nitrogens with zero attached hydrogens (tertiary/aromatic N) is 2. The Morgan fingerprint density at radius 3 is 3.07 bits per heavy atom. The molecule has 0 aliphatic heterocycles. The zero-order chi connectivity index (χ0) is 10.9. The molecule has 1 N–H and O–H groups in total. The summed E-state index contributed by atoms with van der Waals surface area (Å²) in [6.45, 7) is 5.48. The van der Waals surface area contributed by atoms with Crippen molar-refractivity contribution >= 4 is 23.3 Å². The highest BCUT2D eigenvalue weighted by atomic mass is 32.2. The van der Waals surface area contributed by atoms with Crippen LogP contribution in [0.3, 0.4) is 0 Å². The zero-order valence-corrected chi connectivity index (χ0v) is 11.0. The Bertz CT molecular complexity index is 239. The van der Waals surface area contributed by atoms with E-state index in [0.29, 0.717) is 6.04 Å². The summed E-state index contributed by atoms with van der Waals surface area (Å²) >= 11 is 3.30. The minimum atomic E-state index is 0.654. The average molecular weight is 245 g/mol. The molecule has 86 valence electrons. The maximum Gasteiger partial charge on any atom is 0.169 e. The van der Waals surface area contributed by atoms with Crippen LogP contribution in [0.15, 0.2) is 10.7 Å². The van der Waals surface area contributed by atoms with Crippen molar-refractivity contribution in [2.24, 2.45) is 0 Å². The van der Waals surface area contributed by atoms with Crippen molar-refractivity contribution in [3.63, 3.8) is 0 Å². The molecule has 0 aromatic carbocycles. The average Bonchev–Trinajstić information content (AvgIpc) is 2.70. The molecule has 0 aliphatic rings. The topological polar surface area (TPSA) is 37.8 Å². The number of hydrogen-bond donors (Lipinski definition) is 1. The standard InChI is InChI=1S/C10H19N3S2/c1-3-11-9(2)6-4-5-7-14-10-12-8-13-15-10/h8-9,11H,3-7H2,1-2H3. The molecule has 1 rings (SSSR count). The number of rotatable bonds is 8. The van der Waals surface area contributed by atoms with Gasteiger partial charge in [0, 0.05) is 11.8 Å². The molecule has 1 unspecified atom stereocenters. The molecule has 1 atom stereocenters. The Labute approximate surface area is 100 Å². The van der Waals surface area contributed by atoms with E-state index in [1.165, 1.54) is 30.8 Å². The lowest BCUT2D eigenvalue weighted by Crippen LogP contribution is -2.25. The first-order chi connectivity index (χ1) is 7.33. The molecular weight excluding hydrogens is 226 g/mol. The van der Waals surface area contributed by atoms with Crippen LogP contribution >= 0.6 is 23.3 Å². The Hall–Kier alpha value is -0.130. The fourth-order valence-electron chi connectivity index (χ4n) is 1.39. The summed E-state index contributed by atoms with van der Waals surface area (Å²) in [5.74, 6) is 1.16. The monoisotopic (exact) mass is 245 g/mol. The summed E-state index contributed by atoms with van der Waals surface area (Å²) < 4.78 is 5.07. The molecule has 0 amide bonds. The molecule has 0 fully saturated rings. The summed E-state index contributed by atoms with van der Waals surface area (Å²) in [4.78, 5) is 4.14. The van der Waals surface area contributed by atoms with Gasteiger partial charge in [0.25, 0.3) is 0 Å². The third-order valence-electron chi connectivity index (χ3n) is 2.15. The number of thioether (sulfide) groups is 1. The maximum absolute atomic E-state index is 4.14. The van der Waals surface area contributed by atoms with E-state index in [2.05, 4.69) is 28.5 Å². The van der Waals surface area contributed by atoms with Gasteiger partial charge in [0.15, 0.2) is 4.34 Å². The van der Waals surface area contributed by atoms with Crippen molar-refractivity contribution in [3.8, 4) is 0 Å². The van der Waals surface area contributed by atoms with Crippen LogP contribution in [0.25, 0.3) is 0 Å². The van der Waals surface area contributed by atoms with E-state index in [0.717, 1.165) is 16.6 Å². The Kier molecular flexibility index (Phi) is 6.96. The van der Waals surface area contributed by atoms with Gasteiger partial charge < -0.3 is 5.32 Å². The second-order valence-corrected chi connectivity index (χ2v) is 5.63. The first kappa shape index (κ1) is 12.9. The molecule has 1 aromatic heterocycles. The van der Waals surface area contributed by atoms with E-state index in [1.54, 1.807) is 6.33 Å². The van der Waals surface area contributed by atoms with Crippen molar-refractivity contribution < 1.29 is 0 Å². The summed E-state index contributed by atoms with van der Waals surface area (Å²) in [6, 6.07) is 0.654. The smallest absolute Gasteiger partial charge is 0.169 e. The number of hydrogen-bond acceptors (Lipinski definition) is 5. The summed E-state index contributed by atoms with van der Waals surface area (Å²) in [6.07, 6.45) is 5.45. The SMILES string of the molecule is CCNC(C)CCCCSc1ncns1. The van der Waals surface area contributed by atoms with Gasteiger partial charge in [-0.1, -0.05) is 25.1 Å². The van der Waals surface area contributed by atoms with E-state index in [1.807, 2.05) is 11.8 Å². The zero-order valence-electron chi connectivity index (χ0n) is 9.40. The molecule has 0 bridgehead atoms. The van der Waals surface area contributed by atoms with Crippen molar-refractivity contribution in [2.45, 2.75) is 43.5 Å². The van der Waals surface area contributed by atoms with Crippen LogP contribution in [-0.4, -0.2) is 27.7 Å². The summed E-state index contributed by atoms with van der Waals surface area (Å²) in [5.41, 5.74) is 0. The van der Waals surface area contributed by atoms with E-state index >= 15 is 0 Å². The maximum atomic E-state index is 4.14. The van der Waals surface area contributed by atoms with Gasteiger partial charge in [-0.3, -0.25) is 0 Å². The molecule has 5 heteroatoms. The fraction of sp³-hybridized carbons (Fsp3) is 0.800. The number of aromatic nitrogens is 2. The fourth-order valence-corrected chi connectivity index (χ4v) is 2.90. The molecule has 0 spiro atoms. The minimum Gasteiger partial charge on any atom is -0.315 e. The van der Waals surface area contributed by atoms with Gasteiger partial charge >= 0.3 is 0 Å². The largest absolute Gasteiger partial charge is 0.315 e. The molecule has 15 heavy (non-hydrogen) atoms. The first-order valence-electron chi connectivity index (χ1n) is 5.45. The molecule has 0 saturated heterocycles. The summed E-state index contributed by atoms with van der Waals surface area (Å²) in [7, 11) is 0. The Morgan fingerprint density at radius 1 is 1.53 bits per heavy atom. The van der Waals surface area contributed by atoms with Crippen molar-refractivity contribution in [1.82, 2.24) is 14.7 Å². The molecular formula is C10H19N3S2. The normalized spacial score (nSPS) is 12.9. The van der Waals surface area contributed by atoms with E-state index in [4.69, 9.17) is 0 Å². The lowest BCUT2D eigenvalue weighted by atomic mass is 10.1. The van der Waals surface area contributed by atoms with E-state index in [9.17, 15) is 0 Å². The minimum absolute atomic E-state index is 0.654. The molecule has 0 aliphatic carbocycles. The van der Waals surface area contributed by atoms with Gasteiger partial charge in [-0.15, -0.1) is 0 Å². The van der Waals surface area contributed by atoms with Crippen LogP contribution in [0.5, 0.6) is 0 Å². The predicted octanol–water partition coefficient (Wildman–Crippen LogP) is 2.80. The summed E-state index contributed by atoms with van der Waals surface area (Å²) in [5, 5.41) is 3.42. The molecule has 1 aromatic rings. The number of unbranched alkanes of at least 4 members (excludes halogenated alkanes) is 1. The van der Waals surface area contributed by atoms with Gasteiger partial charge in [-0.2, -0.15) is 4.37 Å². The van der Waals surface area contributed by atoms with Crippen molar-refractivity contribution in [3.05, 3.63) is 6.33 Å². The highest BCUT2D eigenvalue weighted by Gasteiger charge is 2.00. The third kappa shape index (κ3) is 6.12. The highest BCUT2D eigenvalue weighted by Crippen LogP contribution is 2.19. The van der Waals surface area contributed by atoms with Gasteiger partial charge in [0.2, 0.25) is 0 Å². The van der Waals surface area contributed by atoms with Crippen LogP contribution in [0.1, 0.15) is 33.1 Å².